The minimum atomic E-state index is -3.50. The molecule has 3 rings (SSSR count). The third kappa shape index (κ3) is 4.34. The summed E-state index contributed by atoms with van der Waals surface area (Å²) in [6, 6.07) is 8.94. The van der Waals surface area contributed by atoms with E-state index in [1.165, 1.54) is 5.69 Å². The summed E-state index contributed by atoms with van der Waals surface area (Å²) in [5.74, 6) is 1.04. The molecule has 0 atom stereocenters. The van der Waals surface area contributed by atoms with Gasteiger partial charge in [0.2, 0.25) is 10.0 Å². The zero-order valence-corrected chi connectivity index (χ0v) is 16.0. The molecule has 0 aliphatic carbocycles. The summed E-state index contributed by atoms with van der Waals surface area (Å²) in [4.78, 5) is 6.65. The molecule has 2 heterocycles. The van der Waals surface area contributed by atoms with Crippen LogP contribution in [0.4, 0.5) is 5.69 Å². The molecule has 6 nitrogen and oxygen atoms in total. The van der Waals surface area contributed by atoms with Crippen molar-refractivity contribution >= 4 is 15.7 Å². The Kier molecular flexibility index (Phi) is 5.78. The smallest absolute Gasteiger partial charge is 0.240 e. The molecule has 0 amide bonds. The molecule has 1 aromatic carbocycles. The highest BCUT2D eigenvalue weighted by atomic mass is 32.2. The molecule has 2 aromatic rings. The van der Waals surface area contributed by atoms with Gasteiger partial charge in [0.15, 0.2) is 0 Å². The van der Waals surface area contributed by atoms with Crippen LogP contribution in [0, 0.1) is 12.8 Å². The Hall–Kier alpha value is -2.12. The average Bonchev–Trinajstić information content (AvgIpc) is 2.67. The normalized spacial score (nSPS) is 15.8. The fraction of sp³-hybridized carbons (Fsp3) is 0.421. The molecule has 0 spiro atoms. The first-order chi connectivity index (χ1) is 12.5. The molecule has 1 aliphatic heterocycles. The van der Waals surface area contributed by atoms with E-state index in [0.717, 1.165) is 31.5 Å². The second-order valence-corrected chi connectivity index (χ2v) is 8.39. The first-order valence-electron chi connectivity index (χ1n) is 8.79. The highest BCUT2D eigenvalue weighted by molar-refractivity contribution is 7.89. The number of aromatic nitrogens is 1. The molecule has 1 fully saturated rings. The van der Waals surface area contributed by atoms with Crippen molar-refractivity contribution in [2.24, 2.45) is 5.92 Å². The lowest BCUT2D eigenvalue weighted by Gasteiger charge is -2.33. The van der Waals surface area contributed by atoms with Gasteiger partial charge in [0, 0.05) is 37.7 Å². The Labute approximate surface area is 155 Å². The van der Waals surface area contributed by atoms with Gasteiger partial charge in [-0.2, -0.15) is 0 Å². The van der Waals surface area contributed by atoms with Crippen LogP contribution in [0.1, 0.15) is 18.4 Å². The van der Waals surface area contributed by atoms with Gasteiger partial charge in [-0.1, -0.05) is 0 Å². The third-order valence-corrected chi connectivity index (χ3v) is 6.30. The molecule has 7 heteroatoms. The van der Waals surface area contributed by atoms with Gasteiger partial charge in [0.05, 0.1) is 12.0 Å². The average molecular weight is 375 g/mol. The largest absolute Gasteiger partial charge is 0.496 e. The SMILES string of the molecule is COc1ccc(S(=O)(=O)NCC2CCN(c3ccncc3)CC2)cc1C. The van der Waals surface area contributed by atoms with Crippen molar-refractivity contribution in [1.29, 1.82) is 0 Å². The molecule has 140 valence electrons. The second kappa shape index (κ2) is 8.05. The van der Waals surface area contributed by atoms with Gasteiger partial charge in [-0.15, -0.1) is 0 Å². The number of anilines is 1. The fourth-order valence-electron chi connectivity index (χ4n) is 3.28. The van der Waals surface area contributed by atoms with Crippen LogP contribution < -0.4 is 14.4 Å². The minimum Gasteiger partial charge on any atom is -0.496 e. The van der Waals surface area contributed by atoms with Gasteiger partial charge in [0.1, 0.15) is 5.75 Å². The molecule has 0 radical (unpaired) electrons. The van der Waals surface area contributed by atoms with E-state index in [-0.39, 0.29) is 4.90 Å². The van der Waals surface area contributed by atoms with Crippen LogP contribution in [0.15, 0.2) is 47.6 Å². The summed E-state index contributed by atoms with van der Waals surface area (Å²) in [6.45, 7) is 4.17. The Bertz CT molecular complexity index is 832. The van der Waals surface area contributed by atoms with Gasteiger partial charge < -0.3 is 9.64 Å². The van der Waals surface area contributed by atoms with E-state index in [2.05, 4.69) is 14.6 Å². The van der Waals surface area contributed by atoms with E-state index < -0.39 is 10.0 Å². The summed E-state index contributed by atoms with van der Waals surface area (Å²) in [6.07, 6.45) is 5.53. The summed E-state index contributed by atoms with van der Waals surface area (Å²) in [5, 5.41) is 0. The van der Waals surface area contributed by atoms with E-state index >= 15 is 0 Å². The molecule has 0 bridgehead atoms. The molecular formula is C19H25N3O3S. The maximum atomic E-state index is 12.5. The van der Waals surface area contributed by atoms with Crippen molar-refractivity contribution in [1.82, 2.24) is 9.71 Å². The van der Waals surface area contributed by atoms with Crippen molar-refractivity contribution < 1.29 is 13.2 Å². The number of hydrogen-bond acceptors (Lipinski definition) is 5. The predicted molar refractivity (Wildman–Crippen MR) is 102 cm³/mol. The molecule has 26 heavy (non-hydrogen) atoms. The molecule has 1 aliphatic rings. The zero-order chi connectivity index (χ0) is 18.6. The van der Waals surface area contributed by atoms with Crippen molar-refractivity contribution in [3.63, 3.8) is 0 Å². The number of pyridine rings is 1. The molecule has 1 saturated heterocycles. The van der Waals surface area contributed by atoms with E-state index in [1.807, 2.05) is 19.1 Å². The van der Waals surface area contributed by atoms with E-state index in [0.29, 0.717) is 18.2 Å². The molecular weight excluding hydrogens is 350 g/mol. The molecule has 0 saturated carbocycles. The van der Waals surface area contributed by atoms with Gasteiger partial charge in [-0.05, 0) is 61.6 Å². The van der Waals surface area contributed by atoms with Crippen molar-refractivity contribution in [2.45, 2.75) is 24.7 Å². The van der Waals surface area contributed by atoms with Gasteiger partial charge in [-0.3, -0.25) is 4.98 Å². The number of sulfonamides is 1. The quantitative estimate of drug-likeness (QED) is 0.840. The molecule has 0 unspecified atom stereocenters. The van der Waals surface area contributed by atoms with E-state index in [1.54, 1.807) is 37.7 Å². The standard InChI is InChI=1S/C19H25N3O3S/c1-15-13-18(3-4-19(15)25-2)26(23,24)21-14-16-7-11-22(12-8-16)17-5-9-20-10-6-17/h3-6,9-10,13,16,21H,7-8,11-12,14H2,1-2H3. The monoisotopic (exact) mass is 375 g/mol. The summed E-state index contributed by atoms with van der Waals surface area (Å²) >= 11 is 0. The maximum Gasteiger partial charge on any atom is 0.240 e. The topological polar surface area (TPSA) is 71.5 Å². The van der Waals surface area contributed by atoms with Crippen LogP contribution >= 0.6 is 0 Å². The lowest BCUT2D eigenvalue weighted by atomic mass is 9.97. The summed E-state index contributed by atoms with van der Waals surface area (Å²) in [7, 11) is -1.92. The number of ether oxygens (including phenoxy) is 1. The minimum absolute atomic E-state index is 0.282. The number of hydrogen-bond donors (Lipinski definition) is 1. The number of rotatable bonds is 6. The van der Waals surface area contributed by atoms with Gasteiger partial charge in [-0.25, -0.2) is 13.1 Å². The predicted octanol–water partition coefficient (Wildman–Crippen LogP) is 2.59. The number of nitrogens with zero attached hydrogens (tertiary/aromatic N) is 2. The van der Waals surface area contributed by atoms with Crippen LogP contribution in [0.3, 0.4) is 0 Å². The first-order valence-corrected chi connectivity index (χ1v) is 10.3. The van der Waals surface area contributed by atoms with Crippen molar-refractivity contribution in [3.8, 4) is 5.75 Å². The highest BCUT2D eigenvalue weighted by Crippen LogP contribution is 2.24. The van der Waals surface area contributed by atoms with Crippen LogP contribution in [-0.4, -0.2) is 40.1 Å². The fourth-order valence-corrected chi connectivity index (χ4v) is 4.48. The Morgan fingerprint density at radius 2 is 1.88 bits per heavy atom. The Morgan fingerprint density at radius 1 is 1.19 bits per heavy atom. The third-order valence-electron chi connectivity index (χ3n) is 4.88. The summed E-state index contributed by atoms with van der Waals surface area (Å²) in [5.41, 5.74) is 1.98. The number of aryl methyl sites for hydroxylation is 1. The van der Waals surface area contributed by atoms with E-state index in [4.69, 9.17) is 4.74 Å². The lowest BCUT2D eigenvalue weighted by molar-refractivity contribution is 0.402. The van der Waals surface area contributed by atoms with Crippen molar-refractivity contribution in [3.05, 3.63) is 48.3 Å². The summed E-state index contributed by atoms with van der Waals surface area (Å²) < 4.78 is 33.0. The number of nitrogens with one attached hydrogen (secondary N) is 1. The Balaban J connectivity index is 1.55. The maximum absolute atomic E-state index is 12.5. The second-order valence-electron chi connectivity index (χ2n) is 6.62. The van der Waals surface area contributed by atoms with Crippen LogP contribution in [0.5, 0.6) is 5.75 Å². The first kappa shape index (κ1) is 18.7. The van der Waals surface area contributed by atoms with Crippen LogP contribution in [0.2, 0.25) is 0 Å². The number of benzene rings is 1. The highest BCUT2D eigenvalue weighted by Gasteiger charge is 2.22. The number of methoxy groups -OCH3 is 1. The van der Waals surface area contributed by atoms with Crippen LogP contribution in [-0.2, 0) is 10.0 Å². The van der Waals surface area contributed by atoms with Gasteiger partial charge >= 0.3 is 0 Å². The number of piperidine rings is 1. The van der Waals surface area contributed by atoms with Gasteiger partial charge in [0.25, 0.3) is 0 Å². The molecule has 1 N–H and O–H groups in total. The lowest BCUT2D eigenvalue weighted by Crippen LogP contribution is -2.38. The van der Waals surface area contributed by atoms with E-state index in [9.17, 15) is 8.42 Å². The molecule has 1 aromatic heterocycles. The van der Waals surface area contributed by atoms with Crippen molar-refractivity contribution in [2.75, 3.05) is 31.6 Å². The zero-order valence-electron chi connectivity index (χ0n) is 15.2. The van der Waals surface area contributed by atoms with Crippen LogP contribution in [0.25, 0.3) is 0 Å². The Morgan fingerprint density at radius 3 is 2.50 bits per heavy atom.